The summed E-state index contributed by atoms with van der Waals surface area (Å²) in [5.74, 6) is -5.72. The van der Waals surface area contributed by atoms with E-state index < -0.39 is 62.6 Å². The predicted octanol–water partition coefficient (Wildman–Crippen LogP) is 1.43. The molecule has 128 valence electrons. The maximum Gasteiger partial charge on any atom is 0.522 e. The van der Waals surface area contributed by atoms with Crippen molar-refractivity contribution in [2.75, 3.05) is 26.2 Å². The van der Waals surface area contributed by atoms with Crippen LogP contribution in [0.3, 0.4) is 0 Å². The van der Waals surface area contributed by atoms with Crippen molar-refractivity contribution in [3.63, 3.8) is 0 Å². The molecule has 1 aliphatic rings. The van der Waals surface area contributed by atoms with E-state index in [0.29, 0.717) is 4.90 Å². The first kappa shape index (κ1) is 18.3. The molecule has 0 aliphatic carbocycles. The second kappa shape index (κ2) is 6.58. The number of halogens is 6. The number of carboxylic acid groups (broad SMARTS) is 1. The molecule has 2 N–H and O–H groups in total. The summed E-state index contributed by atoms with van der Waals surface area (Å²) in [5.41, 5.74) is 0. The largest absolute Gasteiger partial charge is 0.522 e. The number of hydrogen-bond acceptors (Lipinski definition) is 3. The van der Waals surface area contributed by atoms with Crippen LogP contribution in [-0.2, 0) is 9.53 Å². The number of ether oxygens (including phenoxy) is 1. The lowest BCUT2D eigenvalue weighted by atomic mass is 9.96. The number of nitrogens with one attached hydrogen (secondary N) is 1. The van der Waals surface area contributed by atoms with Crippen LogP contribution in [0.25, 0.3) is 0 Å². The molecule has 0 aromatic heterocycles. The Labute approximate surface area is 120 Å². The SMILES string of the molecule is O=C(O)[C@@H]1CN(C(=O)NCCOC(F)(F)F)C[C@H]1C(F)(F)F. The average Bonchev–Trinajstić information content (AvgIpc) is 2.78. The summed E-state index contributed by atoms with van der Waals surface area (Å²) in [7, 11) is 0. The number of likely N-dealkylation sites (tertiary alicyclic amines) is 1. The van der Waals surface area contributed by atoms with Crippen molar-refractivity contribution in [3.05, 3.63) is 0 Å². The summed E-state index contributed by atoms with van der Waals surface area (Å²) in [6.45, 7) is -3.03. The molecule has 1 fully saturated rings. The van der Waals surface area contributed by atoms with Gasteiger partial charge in [0, 0.05) is 19.6 Å². The van der Waals surface area contributed by atoms with E-state index in [-0.39, 0.29) is 0 Å². The third-order valence-electron chi connectivity index (χ3n) is 2.99. The summed E-state index contributed by atoms with van der Waals surface area (Å²) >= 11 is 0. The molecule has 2 amide bonds. The Morgan fingerprint density at radius 2 is 1.77 bits per heavy atom. The second-order valence-electron chi connectivity index (χ2n) is 4.52. The average molecular weight is 338 g/mol. The Hall–Kier alpha value is -1.72. The first-order valence-electron chi connectivity index (χ1n) is 5.95. The number of rotatable bonds is 4. The third-order valence-corrected chi connectivity index (χ3v) is 2.99. The van der Waals surface area contributed by atoms with Gasteiger partial charge < -0.3 is 15.3 Å². The van der Waals surface area contributed by atoms with E-state index >= 15 is 0 Å². The van der Waals surface area contributed by atoms with E-state index in [0.717, 1.165) is 0 Å². The quantitative estimate of drug-likeness (QED) is 0.600. The topological polar surface area (TPSA) is 78.9 Å². The van der Waals surface area contributed by atoms with Crippen LogP contribution < -0.4 is 5.32 Å². The van der Waals surface area contributed by atoms with E-state index in [4.69, 9.17) is 5.11 Å². The number of amides is 2. The summed E-state index contributed by atoms with van der Waals surface area (Å²) in [6, 6.07) is -1.08. The van der Waals surface area contributed by atoms with E-state index in [1.807, 2.05) is 5.32 Å². The molecule has 0 unspecified atom stereocenters. The second-order valence-corrected chi connectivity index (χ2v) is 4.52. The molecule has 0 saturated carbocycles. The Kier molecular flexibility index (Phi) is 5.49. The molecule has 6 nitrogen and oxygen atoms in total. The van der Waals surface area contributed by atoms with Crippen LogP contribution in [0.1, 0.15) is 0 Å². The van der Waals surface area contributed by atoms with E-state index in [1.54, 1.807) is 0 Å². The molecule has 0 bridgehead atoms. The molecule has 22 heavy (non-hydrogen) atoms. The predicted molar refractivity (Wildman–Crippen MR) is 57.6 cm³/mol. The molecular formula is C10H12F6N2O4. The molecule has 0 radical (unpaired) electrons. The van der Waals surface area contributed by atoms with Crippen LogP contribution in [0.4, 0.5) is 31.1 Å². The fourth-order valence-corrected chi connectivity index (χ4v) is 1.99. The minimum absolute atomic E-state index is 0.580. The van der Waals surface area contributed by atoms with Gasteiger partial charge in [-0.15, -0.1) is 13.2 Å². The van der Waals surface area contributed by atoms with Crippen molar-refractivity contribution in [2.24, 2.45) is 11.8 Å². The number of carboxylic acids is 1. The van der Waals surface area contributed by atoms with Crippen LogP contribution in [-0.4, -0.2) is 60.8 Å². The van der Waals surface area contributed by atoms with Crippen LogP contribution >= 0.6 is 0 Å². The van der Waals surface area contributed by atoms with Gasteiger partial charge in [0.25, 0.3) is 0 Å². The van der Waals surface area contributed by atoms with Gasteiger partial charge in [-0.05, 0) is 0 Å². The highest BCUT2D eigenvalue weighted by atomic mass is 19.4. The van der Waals surface area contributed by atoms with Crippen LogP contribution in [0, 0.1) is 11.8 Å². The lowest BCUT2D eigenvalue weighted by Gasteiger charge is -2.18. The number of urea groups is 1. The summed E-state index contributed by atoms with van der Waals surface area (Å²) in [4.78, 5) is 22.9. The molecule has 1 aliphatic heterocycles. The van der Waals surface area contributed by atoms with Crippen LogP contribution in [0.5, 0.6) is 0 Å². The van der Waals surface area contributed by atoms with Crippen molar-refractivity contribution in [2.45, 2.75) is 12.5 Å². The molecule has 1 rings (SSSR count). The number of alkyl halides is 6. The van der Waals surface area contributed by atoms with Gasteiger partial charge in [0.05, 0.1) is 18.4 Å². The lowest BCUT2D eigenvalue weighted by molar-refractivity contribution is -0.323. The van der Waals surface area contributed by atoms with Gasteiger partial charge in [-0.2, -0.15) is 13.2 Å². The maximum atomic E-state index is 12.7. The third kappa shape index (κ3) is 5.24. The highest BCUT2D eigenvalue weighted by Crippen LogP contribution is 2.37. The van der Waals surface area contributed by atoms with Crippen molar-refractivity contribution >= 4 is 12.0 Å². The Balaban J connectivity index is 2.52. The molecule has 1 heterocycles. The van der Waals surface area contributed by atoms with Crippen molar-refractivity contribution in [3.8, 4) is 0 Å². The van der Waals surface area contributed by atoms with E-state index in [9.17, 15) is 35.9 Å². The molecule has 12 heteroatoms. The number of nitrogens with zero attached hydrogens (tertiary/aromatic N) is 1. The fourth-order valence-electron chi connectivity index (χ4n) is 1.99. The molecular weight excluding hydrogens is 326 g/mol. The van der Waals surface area contributed by atoms with Gasteiger partial charge in [-0.1, -0.05) is 0 Å². The fraction of sp³-hybridized carbons (Fsp3) is 0.800. The minimum Gasteiger partial charge on any atom is -0.481 e. The zero-order chi connectivity index (χ0) is 17.1. The molecule has 0 spiro atoms. The van der Waals surface area contributed by atoms with Crippen LogP contribution in [0.2, 0.25) is 0 Å². The molecule has 0 aromatic carbocycles. The van der Waals surface area contributed by atoms with Gasteiger partial charge >= 0.3 is 24.5 Å². The van der Waals surface area contributed by atoms with Gasteiger partial charge in [-0.3, -0.25) is 9.53 Å². The number of hydrogen-bond donors (Lipinski definition) is 2. The standard InChI is InChI=1S/C10H12F6N2O4/c11-9(12,13)6-4-18(3-5(6)7(19)20)8(21)17-1-2-22-10(14,15)16/h5-6H,1-4H2,(H,17,21)(H,19,20)/t5-,6-/m1/s1. The van der Waals surface area contributed by atoms with Gasteiger partial charge in [-0.25, -0.2) is 4.79 Å². The molecule has 1 saturated heterocycles. The van der Waals surface area contributed by atoms with Gasteiger partial charge in [0.1, 0.15) is 0 Å². The zero-order valence-electron chi connectivity index (χ0n) is 10.9. The first-order chi connectivity index (χ1) is 9.92. The Morgan fingerprint density at radius 3 is 2.18 bits per heavy atom. The highest BCUT2D eigenvalue weighted by molar-refractivity contribution is 5.77. The monoisotopic (exact) mass is 338 g/mol. The number of carbonyl (C=O) groups excluding carboxylic acids is 1. The maximum absolute atomic E-state index is 12.7. The Bertz CT molecular complexity index is 425. The van der Waals surface area contributed by atoms with E-state index in [2.05, 4.69) is 4.74 Å². The normalized spacial score (nSPS) is 22.7. The minimum atomic E-state index is -4.88. The highest BCUT2D eigenvalue weighted by Gasteiger charge is 2.53. The van der Waals surface area contributed by atoms with Gasteiger partial charge in [0.15, 0.2) is 0 Å². The number of carbonyl (C=O) groups is 2. The smallest absolute Gasteiger partial charge is 0.481 e. The van der Waals surface area contributed by atoms with Gasteiger partial charge in [0.2, 0.25) is 0 Å². The summed E-state index contributed by atoms with van der Waals surface area (Å²) < 4.78 is 76.4. The summed E-state index contributed by atoms with van der Waals surface area (Å²) in [5, 5.41) is 10.7. The zero-order valence-corrected chi connectivity index (χ0v) is 10.9. The Morgan fingerprint density at radius 1 is 1.18 bits per heavy atom. The first-order valence-corrected chi connectivity index (χ1v) is 5.95. The number of aliphatic carboxylic acids is 1. The van der Waals surface area contributed by atoms with Crippen molar-refractivity contribution in [1.29, 1.82) is 0 Å². The van der Waals surface area contributed by atoms with E-state index in [1.165, 1.54) is 0 Å². The van der Waals surface area contributed by atoms with Crippen LogP contribution in [0.15, 0.2) is 0 Å². The van der Waals surface area contributed by atoms with Crippen molar-refractivity contribution < 1.29 is 45.8 Å². The van der Waals surface area contributed by atoms with Crippen molar-refractivity contribution in [1.82, 2.24) is 10.2 Å². The molecule has 0 aromatic rings. The molecule has 2 atom stereocenters. The lowest BCUT2D eigenvalue weighted by Crippen LogP contribution is -2.41. The summed E-state index contributed by atoms with van der Waals surface area (Å²) in [6.07, 6.45) is -9.67.